The van der Waals surface area contributed by atoms with Crippen LogP contribution in [0.5, 0.6) is 0 Å². The topological polar surface area (TPSA) is 0 Å². The fourth-order valence-corrected chi connectivity index (χ4v) is 3.64. The molecule has 0 radical (unpaired) electrons. The van der Waals surface area contributed by atoms with Crippen molar-refractivity contribution in [2.24, 2.45) is 0 Å². The van der Waals surface area contributed by atoms with Crippen LogP contribution in [0.25, 0.3) is 12.2 Å². The first kappa shape index (κ1) is 14.0. The zero-order chi connectivity index (χ0) is 16.0. The molecule has 1 aliphatic rings. The molecule has 0 saturated heterocycles. The fraction of sp³-hybridized carbons (Fsp3) is 0.130. The summed E-state index contributed by atoms with van der Waals surface area (Å²) in [6.07, 6.45) is 0.991. The van der Waals surface area contributed by atoms with Gasteiger partial charge in [0.1, 0.15) is 0 Å². The monoisotopic (exact) mass is 296 g/mol. The Morgan fingerprint density at radius 3 is 2.43 bits per heavy atom. The van der Waals surface area contributed by atoms with Gasteiger partial charge in [-0.15, -0.1) is 0 Å². The largest absolute Gasteiger partial charge is 0.0918 e. The molecule has 3 aromatic rings. The first-order valence-electron chi connectivity index (χ1n) is 8.11. The summed E-state index contributed by atoms with van der Waals surface area (Å²) in [5.74, 6) is 0. The number of hydrogen-bond acceptors (Lipinski definition) is 0. The smallest absolute Gasteiger partial charge is 0.00131 e. The SMILES string of the molecule is C=c1ccc2c(c1)Cc1cc(C)ccc1C=2c1ccccc1C. The zero-order valence-electron chi connectivity index (χ0n) is 13.7. The van der Waals surface area contributed by atoms with Crippen molar-refractivity contribution < 1.29 is 0 Å². The minimum absolute atomic E-state index is 0.991. The maximum absolute atomic E-state index is 4.11. The third-order valence-corrected chi connectivity index (χ3v) is 4.76. The van der Waals surface area contributed by atoms with E-state index < -0.39 is 0 Å². The summed E-state index contributed by atoms with van der Waals surface area (Å²) in [6.45, 7) is 8.47. The number of aryl methyl sites for hydroxylation is 2. The van der Waals surface area contributed by atoms with Crippen molar-refractivity contribution in [1.29, 1.82) is 0 Å². The Bertz CT molecular complexity index is 1020. The van der Waals surface area contributed by atoms with E-state index in [1.807, 2.05) is 0 Å². The number of hydrogen-bond donors (Lipinski definition) is 0. The van der Waals surface area contributed by atoms with Crippen LogP contribution in [0, 0.1) is 13.8 Å². The lowest BCUT2D eigenvalue weighted by atomic mass is 9.81. The molecule has 112 valence electrons. The van der Waals surface area contributed by atoms with Crippen molar-refractivity contribution in [1.82, 2.24) is 0 Å². The Labute approximate surface area is 137 Å². The molecule has 0 N–H and O–H groups in total. The summed E-state index contributed by atoms with van der Waals surface area (Å²) in [5, 5.41) is 2.44. The normalized spacial score (nSPS) is 12.7. The van der Waals surface area contributed by atoms with Gasteiger partial charge in [0.15, 0.2) is 0 Å². The first-order chi connectivity index (χ1) is 11.1. The fourth-order valence-electron chi connectivity index (χ4n) is 3.64. The average molecular weight is 296 g/mol. The molecule has 0 nitrogen and oxygen atoms in total. The van der Waals surface area contributed by atoms with Gasteiger partial charge in [-0.3, -0.25) is 0 Å². The third-order valence-electron chi connectivity index (χ3n) is 4.76. The highest BCUT2D eigenvalue weighted by Crippen LogP contribution is 2.31. The highest BCUT2D eigenvalue weighted by Gasteiger charge is 2.19. The van der Waals surface area contributed by atoms with Crippen LogP contribution in [0.3, 0.4) is 0 Å². The van der Waals surface area contributed by atoms with Gasteiger partial charge in [-0.25, -0.2) is 0 Å². The van der Waals surface area contributed by atoms with Crippen molar-refractivity contribution >= 4 is 12.2 Å². The Hall–Kier alpha value is -2.60. The van der Waals surface area contributed by atoms with E-state index >= 15 is 0 Å². The van der Waals surface area contributed by atoms with E-state index in [0.717, 1.165) is 11.6 Å². The van der Waals surface area contributed by atoms with Crippen molar-refractivity contribution in [3.8, 4) is 0 Å². The second kappa shape index (κ2) is 5.24. The van der Waals surface area contributed by atoms with Crippen LogP contribution >= 0.6 is 0 Å². The number of rotatable bonds is 1. The van der Waals surface area contributed by atoms with Crippen LogP contribution in [-0.4, -0.2) is 0 Å². The molecule has 0 aromatic heterocycles. The van der Waals surface area contributed by atoms with E-state index in [1.165, 1.54) is 44.2 Å². The second-order valence-corrected chi connectivity index (χ2v) is 6.52. The maximum atomic E-state index is 4.11. The van der Waals surface area contributed by atoms with Crippen molar-refractivity contribution in [2.45, 2.75) is 20.3 Å². The minimum Gasteiger partial charge on any atom is -0.0918 e. The second-order valence-electron chi connectivity index (χ2n) is 6.52. The van der Waals surface area contributed by atoms with Gasteiger partial charge in [0.25, 0.3) is 0 Å². The molecule has 0 saturated carbocycles. The van der Waals surface area contributed by atoms with Gasteiger partial charge in [0.2, 0.25) is 0 Å². The molecule has 0 aliphatic heterocycles. The van der Waals surface area contributed by atoms with E-state index in [1.54, 1.807) is 0 Å². The highest BCUT2D eigenvalue weighted by molar-refractivity contribution is 5.84. The summed E-state index contributed by atoms with van der Waals surface area (Å²) in [5.41, 5.74) is 9.50. The van der Waals surface area contributed by atoms with E-state index in [4.69, 9.17) is 0 Å². The molecular formula is C23H20. The van der Waals surface area contributed by atoms with Crippen LogP contribution in [0.2, 0.25) is 0 Å². The Kier molecular flexibility index (Phi) is 3.20. The molecule has 0 spiro atoms. The lowest BCUT2D eigenvalue weighted by molar-refractivity contribution is 1.11. The maximum Gasteiger partial charge on any atom is -0.00131 e. The summed E-state index contributed by atoms with van der Waals surface area (Å²) in [6, 6.07) is 22.1. The Morgan fingerprint density at radius 1 is 0.783 bits per heavy atom. The van der Waals surface area contributed by atoms with Crippen LogP contribution in [0.15, 0.2) is 60.7 Å². The standard InChI is InChI=1S/C23H20/c1-15-8-10-21-18(12-15)14-19-13-16(2)9-11-22(19)23(21)20-7-5-4-6-17(20)3/h4-13H,1,14H2,2-3H3. The van der Waals surface area contributed by atoms with E-state index in [9.17, 15) is 0 Å². The van der Waals surface area contributed by atoms with Crippen LogP contribution in [0.1, 0.15) is 33.4 Å². The van der Waals surface area contributed by atoms with Crippen molar-refractivity contribution in [2.75, 3.05) is 0 Å². The van der Waals surface area contributed by atoms with Gasteiger partial charge in [0, 0.05) is 0 Å². The molecule has 23 heavy (non-hydrogen) atoms. The summed E-state index contributed by atoms with van der Waals surface area (Å²) in [7, 11) is 0. The van der Waals surface area contributed by atoms with E-state index in [-0.39, 0.29) is 0 Å². The molecule has 0 bridgehead atoms. The molecule has 4 rings (SSSR count). The van der Waals surface area contributed by atoms with Gasteiger partial charge < -0.3 is 0 Å². The summed E-state index contributed by atoms with van der Waals surface area (Å²) >= 11 is 0. The van der Waals surface area contributed by atoms with Gasteiger partial charge in [-0.1, -0.05) is 72.8 Å². The quantitative estimate of drug-likeness (QED) is 0.500. The zero-order valence-corrected chi connectivity index (χ0v) is 13.7. The Balaban J connectivity index is 2.16. The first-order valence-corrected chi connectivity index (χ1v) is 8.11. The lowest BCUT2D eigenvalue weighted by Gasteiger charge is -2.22. The van der Waals surface area contributed by atoms with E-state index in [2.05, 4.69) is 81.1 Å². The molecule has 0 atom stereocenters. The molecule has 1 aliphatic carbocycles. The van der Waals surface area contributed by atoms with Crippen LogP contribution < -0.4 is 10.4 Å². The van der Waals surface area contributed by atoms with Crippen LogP contribution in [-0.2, 0) is 6.42 Å². The number of benzene rings is 3. The van der Waals surface area contributed by atoms with Crippen molar-refractivity contribution in [3.63, 3.8) is 0 Å². The van der Waals surface area contributed by atoms with Gasteiger partial charge in [-0.05, 0) is 64.1 Å². The molecule has 0 amide bonds. The van der Waals surface area contributed by atoms with Crippen LogP contribution in [0.4, 0.5) is 0 Å². The predicted molar refractivity (Wildman–Crippen MR) is 98.0 cm³/mol. The molecule has 0 fully saturated rings. The predicted octanol–water partition coefficient (Wildman–Crippen LogP) is 3.87. The van der Waals surface area contributed by atoms with Gasteiger partial charge in [0.05, 0.1) is 0 Å². The average Bonchev–Trinajstić information content (AvgIpc) is 2.53. The van der Waals surface area contributed by atoms with E-state index in [0.29, 0.717) is 0 Å². The summed E-state index contributed by atoms with van der Waals surface area (Å²) < 4.78 is 0. The molecule has 0 heteroatoms. The molecule has 0 unspecified atom stereocenters. The molecular weight excluding hydrogens is 276 g/mol. The number of fused-ring (bicyclic) bond motifs is 2. The van der Waals surface area contributed by atoms with Gasteiger partial charge in [-0.2, -0.15) is 0 Å². The molecule has 3 aromatic carbocycles. The highest BCUT2D eigenvalue weighted by atomic mass is 14.2. The summed E-state index contributed by atoms with van der Waals surface area (Å²) in [4.78, 5) is 0. The molecule has 0 heterocycles. The van der Waals surface area contributed by atoms with Crippen molar-refractivity contribution in [3.05, 3.63) is 104 Å². The third kappa shape index (κ3) is 2.31. The van der Waals surface area contributed by atoms with Gasteiger partial charge >= 0.3 is 0 Å². The minimum atomic E-state index is 0.991. The lowest BCUT2D eigenvalue weighted by Crippen LogP contribution is -2.23. The Morgan fingerprint density at radius 2 is 1.61 bits per heavy atom.